The fourth-order valence-corrected chi connectivity index (χ4v) is 0.453. The van der Waals surface area contributed by atoms with E-state index in [9.17, 15) is 0 Å². The van der Waals surface area contributed by atoms with E-state index in [0.717, 1.165) is 5.69 Å². The van der Waals surface area contributed by atoms with Gasteiger partial charge in [0.05, 0.1) is 0 Å². The van der Waals surface area contributed by atoms with Gasteiger partial charge in [-0.1, -0.05) is 18.2 Å². The molecule has 0 saturated heterocycles. The Balaban J connectivity index is -0.0000000327. The Bertz CT molecular complexity index is 153. The van der Waals surface area contributed by atoms with Crippen LogP contribution in [0.3, 0.4) is 0 Å². The smallest absolute Gasteiger partial charge is 2.00 e. The van der Waals surface area contributed by atoms with Crippen molar-refractivity contribution in [3.8, 4) is 0 Å². The van der Waals surface area contributed by atoms with Crippen molar-refractivity contribution in [2.75, 3.05) is 5.73 Å². The minimum Gasteiger partial charge on any atom is -2.00 e. The minimum absolute atomic E-state index is 0. The Hall–Kier alpha value is 1.09. The third-order valence-corrected chi connectivity index (χ3v) is 0.800. The number of nitrogen functional groups attached to an aromatic ring is 1. The predicted octanol–water partition coefficient (Wildman–Crippen LogP) is 0.529. The molecule has 0 aromatic heterocycles. The summed E-state index contributed by atoms with van der Waals surface area (Å²) in [4.78, 5) is 0. The molecule has 60 valence electrons. The van der Waals surface area contributed by atoms with Crippen molar-refractivity contribution >= 4 is 51.2 Å². The van der Waals surface area contributed by atoms with E-state index in [0.29, 0.717) is 0 Å². The molecular weight excluding hydrogens is 270 g/mol. The number of hydrogen-bond acceptors (Lipinski definition) is 1. The summed E-state index contributed by atoms with van der Waals surface area (Å²) in [5.74, 6) is 0. The summed E-state index contributed by atoms with van der Waals surface area (Å²) in [7, 11) is 0. The Kier molecular flexibility index (Phi) is 43.8. The molecular formula is C6H7NO3SrTi. The van der Waals surface area contributed by atoms with Gasteiger partial charge >= 0.3 is 67.2 Å². The van der Waals surface area contributed by atoms with Gasteiger partial charge in [-0.25, -0.2) is 0 Å². The van der Waals surface area contributed by atoms with E-state index >= 15 is 0 Å². The van der Waals surface area contributed by atoms with Crippen LogP contribution in [0.25, 0.3) is 0 Å². The topological polar surface area (TPSA) is 112 Å². The van der Waals surface area contributed by atoms with Gasteiger partial charge in [-0.3, -0.25) is 0 Å². The largest absolute Gasteiger partial charge is 4.00 e. The molecule has 0 atom stereocenters. The fraction of sp³-hybridized carbons (Fsp3) is 0. The summed E-state index contributed by atoms with van der Waals surface area (Å²) in [5.41, 5.74) is 6.18. The molecule has 2 N–H and O–H groups in total. The Labute approximate surface area is 124 Å². The first-order chi connectivity index (χ1) is 3.39. The van der Waals surface area contributed by atoms with Crippen molar-refractivity contribution in [3.63, 3.8) is 0 Å². The van der Waals surface area contributed by atoms with Crippen molar-refractivity contribution in [3.05, 3.63) is 30.3 Å². The van der Waals surface area contributed by atoms with Gasteiger partial charge in [0.15, 0.2) is 0 Å². The van der Waals surface area contributed by atoms with Gasteiger partial charge < -0.3 is 22.2 Å². The average molecular weight is 277 g/mol. The summed E-state index contributed by atoms with van der Waals surface area (Å²) in [6.07, 6.45) is 0. The van der Waals surface area contributed by atoms with E-state index < -0.39 is 0 Å². The summed E-state index contributed by atoms with van der Waals surface area (Å²) in [6.45, 7) is 0. The Morgan fingerprint density at radius 2 is 1.17 bits per heavy atom. The molecule has 1 rings (SSSR count). The molecule has 0 aliphatic carbocycles. The maximum absolute atomic E-state index is 5.36. The first-order valence-electron chi connectivity index (χ1n) is 2.20. The fourth-order valence-electron chi connectivity index (χ4n) is 0.453. The van der Waals surface area contributed by atoms with E-state index in [2.05, 4.69) is 0 Å². The number of hydrogen-bond donors (Lipinski definition) is 1. The van der Waals surface area contributed by atoms with Crippen LogP contribution in [-0.4, -0.2) is 45.5 Å². The number of para-hydroxylation sites is 1. The van der Waals surface area contributed by atoms with Crippen LogP contribution < -0.4 is 5.73 Å². The Morgan fingerprint density at radius 3 is 1.33 bits per heavy atom. The van der Waals surface area contributed by atoms with Crippen molar-refractivity contribution in [1.29, 1.82) is 0 Å². The molecule has 0 spiro atoms. The first-order valence-corrected chi connectivity index (χ1v) is 2.20. The second-order valence-corrected chi connectivity index (χ2v) is 1.41. The summed E-state index contributed by atoms with van der Waals surface area (Å²) in [6, 6.07) is 9.49. The van der Waals surface area contributed by atoms with Crippen molar-refractivity contribution in [2.45, 2.75) is 0 Å². The Morgan fingerprint density at radius 1 is 0.833 bits per heavy atom. The van der Waals surface area contributed by atoms with Gasteiger partial charge in [-0.15, -0.1) is 0 Å². The molecule has 0 fully saturated rings. The number of benzene rings is 1. The van der Waals surface area contributed by atoms with E-state index in [1.807, 2.05) is 30.3 Å². The minimum atomic E-state index is 0. The summed E-state index contributed by atoms with van der Waals surface area (Å²) >= 11 is 0. The zero-order chi connectivity index (χ0) is 5.11. The van der Waals surface area contributed by atoms with Crippen LogP contribution in [0.1, 0.15) is 0 Å². The zero-order valence-corrected chi connectivity index (χ0v) is 11.4. The molecule has 0 bridgehead atoms. The molecule has 1 aromatic carbocycles. The van der Waals surface area contributed by atoms with Gasteiger partial charge in [-0.2, -0.15) is 0 Å². The maximum atomic E-state index is 5.36. The standard InChI is InChI=1S/C6H7N.3O.Sr.Ti/c7-6-4-2-1-3-5-6;;;;;/h1-5H,7H2;;;;;/q;3*-2;+2;+4. The molecule has 1 aromatic rings. The molecule has 0 heterocycles. The van der Waals surface area contributed by atoms with Gasteiger partial charge in [0.1, 0.15) is 0 Å². The van der Waals surface area contributed by atoms with E-state index in [1.54, 1.807) is 0 Å². The van der Waals surface area contributed by atoms with Crippen LogP contribution in [0.2, 0.25) is 0 Å². The molecule has 0 amide bonds. The quantitative estimate of drug-likeness (QED) is 0.541. The molecule has 0 unspecified atom stereocenters. The van der Waals surface area contributed by atoms with Gasteiger partial charge in [0.2, 0.25) is 0 Å². The third kappa shape index (κ3) is 13.7. The van der Waals surface area contributed by atoms with Crippen molar-refractivity contribution in [1.82, 2.24) is 0 Å². The molecule has 0 radical (unpaired) electrons. The SMILES string of the molecule is Nc1ccccc1.[O-2].[O-2].[O-2].[Sr+2].[Ti+4]. The molecule has 12 heavy (non-hydrogen) atoms. The predicted molar refractivity (Wildman–Crippen MR) is 38.7 cm³/mol. The second kappa shape index (κ2) is 18.0. The van der Waals surface area contributed by atoms with Crippen LogP contribution in [0.15, 0.2) is 30.3 Å². The van der Waals surface area contributed by atoms with Gasteiger partial charge in [0, 0.05) is 5.69 Å². The average Bonchev–Trinajstić information content (AvgIpc) is 1.69. The first kappa shape index (κ1) is 29.2. The summed E-state index contributed by atoms with van der Waals surface area (Å²) < 4.78 is 0. The summed E-state index contributed by atoms with van der Waals surface area (Å²) in [5, 5.41) is 0. The van der Waals surface area contributed by atoms with Crippen LogP contribution >= 0.6 is 0 Å². The van der Waals surface area contributed by atoms with Gasteiger partial charge in [-0.05, 0) is 12.1 Å². The van der Waals surface area contributed by atoms with E-state index in [-0.39, 0.29) is 83.6 Å². The molecule has 4 nitrogen and oxygen atoms in total. The number of rotatable bonds is 0. The molecule has 0 aliphatic rings. The normalized spacial score (nSPS) is 5.00. The van der Waals surface area contributed by atoms with Crippen LogP contribution in [0.4, 0.5) is 5.69 Å². The van der Waals surface area contributed by atoms with Crippen LogP contribution in [0.5, 0.6) is 0 Å². The van der Waals surface area contributed by atoms with Crippen molar-refractivity contribution < 1.29 is 38.1 Å². The number of anilines is 1. The number of nitrogens with two attached hydrogens (primary N) is 1. The van der Waals surface area contributed by atoms with E-state index in [4.69, 9.17) is 5.73 Å². The second-order valence-electron chi connectivity index (χ2n) is 1.41. The molecule has 0 saturated carbocycles. The maximum Gasteiger partial charge on any atom is 4.00 e. The van der Waals surface area contributed by atoms with Gasteiger partial charge in [0.25, 0.3) is 0 Å². The van der Waals surface area contributed by atoms with Crippen LogP contribution in [0, 0.1) is 0 Å². The zero-order valence-electron chi connectivity index (χ0n) is 6.40. The van der Waals surface area contributed by atoms with Crippen LogP contribution in [-0.2, 0) is 38.1 Å². The van der Waals surface area contributed by atoms with E-state index in [1.165, 1.54) is 0 Å². The molecule has 0 aliphatic heterocycles. The third-order valence-electron chi connectivity index (χ3n) is 0.800. The monoisotopic (exact) mass is 277 g/mol. The molecule has 6 heteroatoms. The van der Waals surface area contributed by atoms with Crippen molar-refractivity contribution in [2.24, 2.45) is 0 Å².